The van der Waals surface area contributed by atoms with Crippen molar-refractivity contribution in [2.24, 2.45) is 0 Å². The van der Waals surface area contributed by atoms with Crippen LogP contribution in [0.15, 0.2) is 18.2 Å². The van der Waals surface area contributed by atoms with Gasteiger partial charge < -0.3 is 9.84 Å². The first-order valence-electron chi connectivity index (χ1n) is 4.69. The average Bonchev–Trinajstić information content (AvgIpc) is 2.24. The maximum Gasteiger partial charge on any atom is 0.333 e. The first-order chi connectivity index (χ1) is 7.95. The van der Waals surface area contributed by atoms with Crippen LogP contribution in [-0.4, -0.2) is 30.1 Å². The number of ketones is 1. The summed E-state index contributed by atoms with van der Waals surface area (Å²) in [4.78, 5) is 22.2. The first-order valence-corrected chi connectivity index (χ1v) is 4.69. The quantitative estimate of drug-likeness (QED) is 0.800. The van der Waals surface area contributed by atoms with Crippen LogP contribution < -0.4 is 0 Å². The number of carboxylic acids is 1. The molecule has 0 fully saturated rings. The van der Waals surface area contributed by atoms with Gasteiger partial charge in [0.15, 0.2) is 11.9 Å². The highest BCUT2D eigenvalue weighted by Gasteiger charge is 2.23. The minimum absolute atomic E-state index is 0.352. The summed E-state index contributed by atoms with van der Waals surface area (Å²) in [6, 6.07) is 2.47. The van der Waals surface area contributed by atoms with E-state index in [0.717, 1.165) is 19.2 Å². The molecule has 0 aliphatic heterocycles. The lowest BCUT2D eigenvalue weighted by Gasteiger charge is -2.09. The summed E-state index contributed by atoms with van der Waals surface area (Å²) in [5.41, 5.74) is -0.352. The Kier molecular flexibility index (Phi) is 4.28. The number of rotatable bonds is 5. The van der Waals surface area contributed by atoms with Gasteiger partial charge in [-0.15, -0.1) is 0 Å². The molecule has 4 nitrogen and oxygen atoms in total. The number of methoxy groups -OCH3 is 1. The molecule has 0 bridgehead atoms. The van der Waals surface area contributed by atoms with Crippen LogP contribution in [0, 0.1) is 11.6 Å². The lowest BCUT2D eigenvalue weighted by Crippen LogP contribution is -2.26. The van der Waals surface area contributed by atoms with Crippen LogP contribution in [0.3, 0.4) is 0 Å². The zero-order chi connectivity index (χ0) is 13.0. The number of hydrogen-bond acceptors (Lipinski definition) is 3. The van der Waals surface area contributed by atoms with Gasteiger partial charge in [0.25, 0.3) is 0 Å². The largest absolute Gasteiger partial charge is 0.479 e. The van der Waals surface area contributed by atoms with E-state index >= 15 is 0 Å². The minimum Gasteiger partial charge on any atom is -0.479 e. The van der Waals surface area contributed by atoms with Crippen molar-refractivity contribution < 1.29 is 28.2 Å². The van der Waals surface area contributed by atoms with Gasteiger partial charge in [-0.2, -0.15) is 0 Å². The molecule has 1 atom stereocenters. The number of Topliss-reactive ketones (excluding diaryl/α,β-unsaturated/α-hetero) is 1. The van der Waals surface area contributed by atoms with E-state index in [1.165, 1.54) is 0 Å². The second-order valence-electron chi connectivity index (χ2n) is 3.31. The Morgan fingerprint density at radius 2 is 2.06 bits per heavy atom. The minimum atomic E-state index is -1.34. The molecule has 1 aromatic rings. The highest BCUT2D eigenvalue weighted by Crippen LogP contribution is 2.13. The number of carbonyl (C=O) groups excluding carboxylic acids is 1. The van der Waals surface area contributed by atoms with Crippen molar-refractivity contribution in [3.63, 3.8) is 0 Å². The molecule has 0 saturated heterocycles. The van der Waals surface area contributed by atoms with Gasteiger partial charge in [-0.25, -0.2) is 13.6 Å². The van der Waals surface area contributed by atoms with Crippen molar-refractivity contribution in [3.05, 3.63) is 35.4 Å². The second kappa shape index (κ2) is 5.49. The smallest absolute Gasteiger partial charge is 0.333 e. The molecular weight excluding hydrogens is 234 g/mol. The van der Waals surface area contributed by atoms with Crippen LogP contribution in [0.1, 0.15) is 16.8 Å². The maximum atomic E-state index is 13.2. The zero-order valence-electron chi connectivity index (χ0n) is 8.94. The van der Waals surface area contributed by atoms with E-state index in [0.29, 0.717) is 6.07 Å². The molecule has 92 valence electrons. The number of benzene rings is 1. The number of ether oxygens (including phenoxy) is 1. The summed E-state index contributed by atoms with van der Waals surface area (Å²) in [5.74, 6) is -3.89. The van der Waals surface area contributed by atoms with Gasteiger partial charge in [0.05, 0.1) is 5.56 Å². The molecule has 0 radical (unpaired) electrons. The van der Waals surface area contributed by atoms with E-state index in [-0.39, 0.29) is 5.56 Å². The van der Waals surface area contributed by atoms with E-state index < -0.39 is 35.9 Å². The van der Waals surface area contributed by atoms with Gasteiger partial charge in [0, 0.05) is 19.6 Å². The molecule has 0 spiro atoms. The van der Waals surface area contributed by atoms with Gasteiger partial charge in [-0.3, -0.25) is 4.79 Å². The van der Waals surface area contributed by atoms with Gasteiger partial charge in [-0.05, 0) is 12.1 Å². The van der Waals surface area contributed by atoms with Crippen molar-refractivity contribution in [1.29, 1.82) is 0 Å². The second-order valence-corrected chi connectivity index (χ2v) is 3.31. The molecule has 1 rings (SSSR count). The summed E-state index contributed by atoms with van der Waals surface area (Å²) in [7, 11) is 1.13. The molecule has 1 N–H and O–H groups in total. The third-order valence-electron chi connectivity index (χ3n) is 2.16. The number of halogens is 2. The van der Waals surface area contributed by atoms with Crippen molar-refractivity contribution in [2.45, 2.75) is 12.5 Å². The third kappa shape index (κ3) is 3.32. The molecule has 1 aromatic carbocycles. The normalized spacial score (nSPS) is 12.2. The molecule has 0 aromatic heterocycles. The van der Waals surface area contributed by atoms with Gasteiger partial charge >= 0.3 is 5.97 Å². The molecule has 0 aliphatic carbocycles. The van der Waals surface area contributed by atoms with E-state index in [1.807, 2.05) is 0 Å². The summed E-state index contributed by atoms with van der Waals surface area (Å²) >= 11 is 0. The lowest BCUT2D eigenvalue weighted by atomic mass is 10.0. The van der Waals surface area contributed by atoms with E-state index in [4.69, 9.17) is 5.11 Å². The monoisotopic (exact) mass is 244 g/mol. The Labute approximate surface area is 95.8 Å². The van der Waals surface area contributed by atoms with Crippen molar-refractivity contribution in [2.75, 3.05) is 7.11 Å². The van der Waals surface area contributed by atoms with Crippen LogP contribution in [0.25, 0.3) is 0 Å². The van der Waals surface area contributed by atoms with Crippen LogP contribution >= 0.6 is 0 Å². The Morgan fingerprint density at radius 3 is 2.53 bits per heavy atom. The van der Waals surface area contributed by atoms with Crippen molar-refractivity contribution in [3.8, 4) is 0 Å². The number of hydrogen-bond donors (Lipinski definition) is 1. The van der Waals surface area contributed by atoms with Crippen LogP contribution in [0.4, 0.5) is 8.78 Å². The molecule has 0 saturated carbocycles. The van der Waals surface area contributed by atoms with Gasteiger partial charge in [0.1, 0.15) is 11.6 Å². The van der Waals surface area contributed by atoms with Gasteiger partial charge in [-0.1, -0.05) is 0 Å². The molecule has 0 heterocycles. The Morgan fingerprint density at radius 1 is 1.41 bits per heavy atom. The fourth-order valence-corrected chi connectivity index (χ4v) is 1.27. The molecule has 0 aliphatic rings. The summed E-state index contributed by atoms with van der Waals surface area (Å²) < 4.78 is 30.4. The lowest BCUT2D eigenvalue weighted by molar-refractivity contribution is -0.148. The SMILES string of the molecule is COC(CC(=O)c1ccc(F)cc1F)C(=O)O. The molecule has 6 heteroatoms. The molecule has 17 heavy (non-hydrogen) atoms. The highest BCUT2D eigenvalue weighted by atomic mass is 19.1. The van der Waals surface area contributed by atoms with Gasteiger partial charge in [0.2, 0.25) is 0 Å². The summed E-state index contributed by atoms with van der Waals surface area (Å²) in [6.45, 7) is 0. The number of aliphatic carboxylic acids is 1. The average molecular weight is 244 g/mol. The summed E-state index contributed by atoms with van der Waals surface area (Å²) in [6.07, 6.45) is -1.85. The maximum absolute atomic E-state index is 13.2. The topological polar surface area (TPSA) is 63.6 Å². The standard InChI is InChI=1S/C11H10F2O4/c1-17-10(11(15)16)5-9(14)7-3-2-6(12)4-8(7)13/h2-4,10H,5H2,1H3,(H,15,16). The fraction of sp³-hybridized carbons (Fsp3) is 0.273. The predicted octanol–water partition coefficient (Wildman–Crippen LogP) is 1.64. The Balaban J connectivity index is 2.86. The number of carbonyl (C=O) groups is 2. The summed E-state index contributed by atoms with van der Waals surface area (Å²) in [5, 5.41) is 8.65. The molecule has 0 amide bonds. The first kappa shape index (κ1) is 13.2. The fourth-order valence-electron chi connectivity index (χ4n) is 1.27. The van der Waals surface area contributed by atoms with Crippen molar-refractivity contribution in [1.82, 2.24) is 0 Å². The zero-order valence-corrected chi connectivity index (χ0v) is 8.94. The predicted molar refractivity (Wildman–Crippen MR) is 53.7 cm³/mol. The van der Waals surface area contributed by atoms with Crippen LogP contribution in [0.5, 0.6) is 0 Å². The highest BCUT2D eigenvalue weighted by molar-refractivity contribution is 5.98. The Hall–Kier alpha value is -1.82. The third-order valence-corrected chi connectivity index (χ3v) is 2.16. The van der Waals surface area contributed by atoms with E-state index in [1.54, 1.807) is 0 Å². The van der Waals surface area contributed by atoms with E-state index in [9.17, 15) is 18.4 Å². The Bertz CT molecular complexity index is 445. The van der Waals surface area contributed by atoms with Crippen molar-refractivity contribution >= 4 is 11.8 Å². The molecule has 1 unspecified atom stereocenters. The van der Waals surface area contributed by atoms with E-state index in [2.05, 4.69) is 4.74 Å². The van der Waals surface area contributed by atoms with Crippen LogP contribution in [0.2, 0.25) is 0 Å². The number of carboxylic acid groups (broad SMARTS) is 1. The van der Waals surface area contributed by atoms with Crippen LogP contribution in [-0.2, 0) is 9.53 Å². The molecular formula is C11H10F2O4.